The molecule has 0 atom stereocenters. The van der Waals surface area contributed by atoms with Crippen molar-refractivity contribution in [3.05, 3.63) is 0 Å². The second-order valence-electron chi connectivity index (χ2n) is 5.10. The molecule has 4 heteroatoms. The van der Waals surface area contributed by atoms with Gasteiger partial charge < -0.3 is 15.3 Å². The summed E-state index contributed by atoms with van der Waals surface area (Å²) in [5.74, 6) is 0.616. The Balaban J connectivity index is 1.78. The van der Waals surface area contributed by atoms with E-state index in [4.69, 9.17) is 0 Å². The van der Waals surface area contributed by atoms with Gasteiger partial charge in [-0.3, -0.25) is 4.79 Å². The van der Waals surface area contributed by atoms with Crippen molar-refractivity contribution in [2.75, 3.05) is 26.2 Å². The summed E-state index contributed by atoms with van der Waals surface area (Å²) in [6.45, 7) is 5.01. The lowest BCUT2D eigenvalue weighted by Gasteiger charge is -2.38. The molecule has 0 aromatic carbocycles. The molecular formula is C12H22N2O2. The summed E-state index contributed by atoms with van der Waals surface area (Å²) in [6, 6.07) is 0. The zero-order chi connectivity index (χ0) is 11.6. The Kier molecular flexibility index (Phi) is 3.50. The molecule has 0 spiro atoms. The summed E-state index contributed by atoms with van der Waals surface area (Å²) in [5.41, 5.74) is -0.601. The van der Waals surface area contributed by atoms with E-state index in [2.05, 4.69) is 5.32 Å². The first-order valence-corrected chi connectivity index (χ1v) is 6.36. The maximum absolute atomic E-state index is 11.8. The lowest BCUT2D eigenvalue weighted by molar-refractivity contribution is -0.136. The monoisotopic (exact) mass is 226 g/mol. The van der Waals surface area contributed by atoms with Crippen LogP contribution in [-0.2, 0) is 4.79 Å². The average Bonchev–Trinajstić information content (AvgIpc) is 3.10. The number of likely N-dealkylation sites (N-methyl/N-ethyl adjacent to an activating group) is 1. The number of hydrogen-bond acceptors (Lipinski definition) is 3. The predicted octanol–water partition coefficient (Wildman–Crippen LogP) is 0.359. The van der Waals surface area contributed by atoms with Crippen LogP contribution in [0.15, 0.2) is 0 Å². The molecule has 2 fully saturated rings. The van der Waals surface area contributed by atoms with E-state index in [1.165, 1.54) is 0 Å². The minimum Gasteiger partial charge on any atom is -0.388 e. The largest absolute Gasteiger partial charge is 0.388 e. The van der Waals surface area contributed by atoms with Crippen molar-refractivity contribution in [3.63, 3.8) is 0 Å². The zero-order valence-corrected chi connectivity index (χ0v) is 10.0. The van der Waals surface area contributed by atoms with E-state index in [-0.39, 0.29) is 0 Å². The lowest BCUT2D eigenvalue weighted by atomic mass is 9.91. The first-order chi connectivity index (χ1) is 7.64. The highest BCUT2D eigenvalue weighted by Crippen LogP contribution is 2.33. The number of carbonyl (C=O) groups excluding carboxylic acids is 1. The Hall–Kier alpha value is -0.610. The fourth-order valence-corrected chi connectivity index (χ4v) is 2.27. The third kappa shape index (κ3) is 2.74. The molecule has 1 aliphatic carbocycles. The van der Waals surface area contributed by atoms with Gasteiger partial charge in [0, 0.05) is 25.6 Å². The van der Waals surface area contributed by atoms with Gasteiger partial charge in [0.1, 0.15) is 0 Å². The van der Waals surface area contributed by atoms with Crippen molar-refractivity contribution in [2.24, 2.45) is 5.92 Å². The highest BCUT2D eigenvalue weighted by atomic mass is 16.3. The second-order valence-corrected chi connectivity index (χ2v) is 5.10. The van der Waals surface area contributed by atoms with Crippen molar-refractivity contribution < 1.29 is 9.90 Å². The third-order valence-electron chi connectivity index (χ3n) is 3.64. The van der Waals surface area contributed by atoms with Gasteiger partial charge in [0.15, 0.2) is 0 Å². The maximum Gasteiger partial charge on any atom is 0.225 e. The number of hydrogen-bond donors (Lipinski definition) is 2. The highest BCUT2D eigenvalue weighted by Gasteiger charge is 2.38. The van der Waals surface area contributed by atoms with Crippen LogP contribution in [0.5, 0.6) is 0 Å². The molecule has 2 N–H and O–H groups in total. The number of carbonyl (C=O) groups is 1. The minimum absolute atomic E-state index is 0.306. The van der Waals surface area contributed by atoms with E-state index >= 15 is 0 Å². The number of nitrogens with zero attached hydrogens (tertiary/aromatic N) is 1. The molecule has 1 saturated carbocycles. The molecule has 1 aliphatic heterocycles. The van der Waals surface area contributed by atoms with Gasteiger partial charge in [-0.25, -0.2) is 0 Å². The van der Waals surface area contributed by atoms with Gasteiger partial charge in [-0.15, -0.1) is 0 Å². The molecule has 2 rings (SSSR count). The number of amides is 1. The van der Waals surface area contributed by atoms with Crippen LogP contribution in [0.3, 0.4) is 0 Å². The third-order valence-corrected chi connectivity index (χ3v) is 3.64. The summed E-state index contributed by atoms with van der Waals surface area (Å²) in [6.07, 6.45) is 3.55. The van der Waals surface area contributed by atoms with E-state index in [1.807, 2.05) is 11.8 Å². The van der Waals surface area contributed by atoms with Gasteiger partial charge >= 0.3 is 0 Å². The van der Waals surface area contributed by atoms with E-state index in [0.717, 1.165) is 32.5 Å². The van der Waals surface area contributed by atoms with E-state index < -0.39 is 5.60 Å². The van der Waals surface area contributed by atoms with Crippen LogP contribution in [0.2, 0.25) is 0 Å². The molecule has 1 saturated heterocycles. The molecule has 16 heavy (non-hydrogen) atoms. The Morgan fingerprint density at radius 2 is 2.06 bits per heavy atom. The summed E-state index contributed by atoms with van der Waals surface area (Å²) < 4.78 is 0. The number of rotatable bonds is 4. The van der Waals surface area contributed by atoms with Crippen molar-refractivity contribution in [2.45, 2.75) is 38.2 Å². The van der Waals surface area contributed by atoms with Crippen LogP contribution in [0.25, 0.3) is 0 Å². The maximum atomic E-state index is 11.8. The predicted molar refractivity (Wildman–Crippen MR) is 62.0 cm³/mol. The van der Waals surface area contributed by atoms with Gasteiger partial charge in [0.25, 0.3) is 0 Å². The van der Waals surface area contributed by atoms with Crippen LogP contribution < -0.4 is 5.32 Å². The Labute approximate surface area is 97.0 Å². The Morgan fingerprint density at radius 1 is 1.44 bits per heavy atom. The SMILES string of the molecule is CCNCC1(O)CCN(C(=O)C2CC2)CC1. The topological polar surface area (TPSA) is 52.6 Å². The smallest absolute Gasteiger partial charge is 0.225 e. The number of piperidine rings is 1. The molecule has 92 valence electrons. The van der Waals surface area contributed by atoms with Crippen molar-refractivity contribution in [3.8, 4) is 0 Å². The molecule has 4 nitrogen and oxygen atoms in total. The zero-order valence-electron chi connectivity index (χ0n) is 10.0. The number of nitrogens with one attached hydrogen (secondary N) is 1. The van der Waals surface area contributed by atoms with Crippen LogP contribution in [0, 0.1) is 5.92 Å². The lowest BCUT2D eigenvalue weighted by Crippen LogP contribution is -2.51. The molecule has 1 amide bonds. The van der Waals surface area contributed by atoms with Gasteiger partial charge in [-0.05, 0) is 32.2 Å². The number of likely N-dealkylation sites (tertiary alicyclic amines) is 1. The minimum atomic E-state index is -0.601. The van der Waals surface area contributed by atoms with Crippen LogP contribution in [0.1, 0.15) is 32.6 Å². The molecule has 0 bridgehead atoms. The standard InChI is InChI=1S/C12H22N2O2/c1-2-13-9-12(16)5-7-14(8-6-12)11(15)10-3-4-10/h10,13,16H,2-9H2,1H3. The van der Waals surface area contributed by atoms with Crippen LogP contribution in [-0.4, -0.2) is 47.7 Å². The van der Waals surface area contributed by atoms with Crippen molar-refractivity contribution in [1.82, 2.24) is 10.2 Å². The van der Waals surface area contributed by atoms with Crippen LogP contribution in [0.4, 0.5) is 0 Å². The molecule has 0 aromatic heterocycles. The van der Waals surface area contributed by atoms with Gasteiger partial charge in [-0.1, -0.05) is 6.92 Å². The summed E-state index contributed by atoms with van der Waals surface area (Å²) in [7, 11) is 0. The second kappa shape index (κ2) is 4.72. The normalized spacial score (nSPS) is 24.5. The molecule has 0 unspecified atom stereocenters. The highest BCUT2D eigenvalue weighted by molar-refractivity contribution is 5.81. The summed E-state index contributed by atoms with van der Waals surface area (Å²) in [5, 5.41) is 13.4. The van der Waals surface area contributed by atoms with E-state index in [9.17, 15) is 9.90 Å². The van der Waals surface area contributed by atoms with E-state index in [0.29, 0.717) is 31.2 Å². The average molecular weight is 226 g/mol. The van der Waals surface area contributed by atoms with Crippen molar-refractivity contribution in [1.29, 1.82) is 0 Å². The van der Waals surface area contributed by atoms with Crippen molar-refractivity contribution >= 4 is 5.91 Å². The first-order valence-electron chi connectivity index (χ1n) is 6.36. The molecule has 2 aliphatic rings. The first kappa shape index (κ1) is 11.9. The van der Waals surface area contributed by atoms with Crippen LogP contribution >= 0.6 is 0 Å². The Bertz CT molecular complexity index is 256. The number of aliphatic hydroxyl groups is 1. The quantitative estimate of drug-likeness (QED) is 0.728. The van der Waals surface area contributed by atoms with Gasteiger partial charge in [-0.2, -0.15) is 0 Å². The molecule has 0 aromatic rings. The fourth-order valence-electron chi connectivity index (χ4n) is 2.27. The summed E-state index contributed by atoms with van der Waals surface area (Å²) in [4.78, 5) is 13.7. The molecular weight excluding hydrogens is 204 g/mol. The Morgan fingerprint density at radius 3 is 2.56 bits per heavy atom. The fraction of sp³-hybridized carbons (Fsp3) is 0.917. The molecule has 0 radical (unpaired) electrons. The van der Waals surface area contributed by atoms with E-state index in [1.54, 1.807) is 0 Å². The summed E-state index contributed by atoms with van der Waals surface area (Å²) >= 11 is 0. The van der Waals surface area contributed by atoms with Gasteiger partial charge in [0.05, 0.1) is 5.60 Å². The molecule has 1 heterocycles. The van der Waals surface area contributed by atoms with Gasteiger partial charge in [0.2, 0.25) is 5.91 Å².